The summed E-state index contributed by atoms with van der Waals surface area (Å²) in [4.78, 5) is 4.34. The van der Waals surface area contributed by atoms with Crippen molar-refractivity contribution in [2.24, 2.45) is 0 Å². The molecule has 4 nitrogen and oxygen atoms in total. The summed E-state index contributed by atoms with van der Waals surface area (Å²) in [7, 11) is 0. The highest BCUT2D eigenvalue weighted by Gasteiger charge is 2.27. The van der Waals surface area contributed by atoms with Gasteiger partial charge in [-0.05, 0) is 39.8 Å². The van der Waals surface area contributed by atoms with Crippen molar-refractivity contribution in [1.29, 1.82) is 0 Å². The van der Waals surface area contributed by atoms with Gasteiger partial charge in [-0.1, -0.05) is 0 Å². The first-order chi connectivity index (χ1) is 9.57. The molecule has 0 bridgehead atoms. The molecule has 0 saturated carbocycles. The number of alkyl halides is 3. The summed E-state index contributed by atoms with van der Waals surface area (Å²) in [6.45, 7) is 6.53. The molecule has 1 N–H and O–H groups in total. The molecular weight excluding hydrogens is 285 g/mol. The predicted molar refractivity (Wildman–Crippen MR) is 73.1 cm³/mol. The standard InChI is InChI=1S/C14H21F3N2O2/c1-10-5-6-12(21-9-20-8-14(15,16)17)11(19-10)7-18-13(2,3)4/h5-6,18H,7-9H2,1-4H3. The number of rotatable bonds is 6. The van der Waals surface area contributed by atoms with Crippen molar-refractivity contribution in [3.63, 3.8) is 0 Å². The lowest BCUT2D eigenvalue weighted by Gasteiger charge is -2.21. The first kappa shape index (κ1) is 17.7. The zero-order chi connectivity index (χ0) is 16.1. The van der Waals surface area contributed by atoms with Crippen LogP contribution in [0.1, 0.15) is 32.2 Å². The fourth-order valence-electron chi connectivity index (χ4n) is 1.47. The van der Waals surface area contributed by atoms with Crippen molar-refractivity contribution < 1.29 is 22.6 Å². The largest absolute Gasteiger partial charge is 0.466 e. The van der Waals surface area contributed by atoms with E-state index in [1.165, 1.54) is 0 Å². The van der Waals surface area contributed by atoms with Gasteiger partial charge in [0.05, 0.1) is 5.69 Å². The second-order valence-corrected chi connectivity index (χ2v) is 5.73. The molecule has 1 aromatic heterocycles. The molecule has 0 aliphatic rings. The number of hydrogen-bond acceptors (Lipinski definition) is 4. The van der Waals surface area contributed by atoms with Gasteiger partial charge in [0.25, 0.3) is 0 Å². The molecule has 0 unspecified atom stereocenters. The average Bonchev–Trinajstić information content (AvgIpc) is 2.31. The Morgan fingerprint density at radius 1 is 1.19 bits per heavy atom. The van der Waals surface area contributed by atoms with E-state index in [4.69, 9.17) is 4.74 Å². The molecule has 0 atom stereocenters. The lowest BCUT2D eigenvalue weighted by atomic mass is 10.1. The summed E-state index contributed by atoms with van der Waals surface area (Å²) >= 11 is 0. The van der Waals surface area contributed by atoms with Crippen LogP contribution in [0, 0.1) is 6.92 Å². The molecule has 1 heterocycles. The van der Waals surface area contributed by atoms with Gasteiger partial charge in [-0.15, -0.1) is 0 Å². The third-order valence-corrected chi connectivity index (χ3v) is 2.42. The third-order valence-electron chi connectivity index (χ3n) is 2.42. The van der Waals surface area contributed by atoms with Crippen LogP contribution in [0.5, 0.6) is 5.75 Å². The van der Waals surface area contributed by atoms with Crippen LogP contribution in [0.4, 0.5) is 13.2 Å². The normalized spacial score (nSPS) is 12.5. The number of aryl methyl sites for hydroxylation is 1. The molecule has 7 heteroatoms. The summed E-state index contributed by atoms with van der Waals surface area (Å²) in [5.74, 6) is 0.416. The Morgan fingerprint density at radius 2 is 1.86 bits per heavy atom. The van der Waals surface area contributed by atoms with Crippen LogP contribution in [-0.2, 0) is 11.3 Å². The van der Waals surface area contributed by atoms with Crippen molar-refractivity contribution in [2.75, 3.05) is 13.4 Å². The van der Waals surface area contributed by atoms with Crippen molar-refractivity contribution in [3.8, 4) is 5.75 Å². The van der Waals surface area contributed by atoms with Crippen LogP contribution in [0.25, 0.3) is 0 Å². The fourth-order valence-corrected chi connectivity index (χ4v) is 1.47. The topological polar surface area (TPSA) is 43.4 Å². The predicted octanol–water partition coefficient (Wildman–Crippen LogP) is 3.19. The Kier molecular flexibility index (Phi) is 5.98. The van der Waals surface area contributed by atoms with Crippen LogP contribution in [0.15, 0.2) is 12.1 Å². The van der Waals surface area contributed by atoms with E-state index in [0.29, 0.717) is 18.0 Å². The maximum atomic E-state index is 12.0. The summed E-state index contributed by atoms with van der Waals surface area (Å²) in [5, 5.41) is 3.26. The quantitative estimate of drug-likeness (QED) is 0.647. The second kappa shape index (κ2) is 7.09. The number of pyridine rings is 1. The van der Waals surface area contributed by atoms with E-state index in [9.17, 15) is 13.2 Å². The van der Waals surface area contributed by atoms with E-state index in [1.807, 2.05) is 27.7 Å². The lowest BCUT2D eigenvalue weighted by molar-refractivity contribution is -0.186. The van der Waals surface area contributed by atoms with Crippen LogP contribution in [0.2, 0.25) is 0 Å². The minimum atomic E-state index is -4.36. The number of halogens is 3. The van der Waals surface area contributed by atoms with Gasteiger partial charge in [0.1, 0.15) is 12.4 Å². The highest BCUT2D eigenvalue weighted by Crippen LogP contribution is 2.19. The summed E-state index contributed by atoms with van der Waals surface area (Å²) in [6.07, 6.45) is -4.36. The van der Waals surface area contributed by atoms with E-state index in [-0.39, 0.29) is 5.54 Å². The van der Waals surface area contributed by atoms with Crippen molar-refractivity contribution in [1.82, 2.24) is 10.3 Å². The zero-order valence-corrected chi connectivity index (χ0v) is 12.7. The summed E-state index contributed by atoms with van der Waals surface area (Å²) in [6, 6.07) is 3.42. The SMILES string of the molecule is Cc1ccc(OCOCC(F)(F)F)c(CNC(C)(C)C)n1. The van der Waals surface area contributed by atoms with E-state index in [1.54, 1.807) is 12.1 Å². The second-order valence-electron chi connectivity index (χ2n) is 5.73. The minimum Gasteiger partial charge on any atom is -0.466 e. The van der Waals surface area contributed by atoms with Gasteiger partial charge in [0, 0.05) is 17.8 Å². The molecule has 0 spiro atoms. The molecule has 1 aromatic rings. The Labute approximate surface area is 122 Å². The molecule has 21 heavy (non-hydrogen) atoms. The van der Waals surface area contributed by atoms with Gasteiger partial charge in [-0.3, -0.25) is 4.98 Å². The van der Waals surface area contributed by atoms with E-state index < -0.39 is 19.6 Å². The maximum absolute atomic E-state index is 12.0. The number of nitrogens with zero attached hydrogens (tertiary/aromatic N) is 1. The van der Waals surface area contributed by atoms with Gasteiger partial charge in [-0.2, -0.15) is 13.2 Å². The highest BCUT2D eigenvalue weighted by atomic mass is 19.4. The molecule has 0 fully saturated rings. The van der Waals surface area contributed by atoms with E-state index in [2.05, 4.69) is 15.0 Å². The maximum Gasteiger partial charge on any atom is 0.411 e. The molecule has 0 saturated heterocycles. The Morgan fingerprint density at radius 3 is 2.43 bits per heavy atom. The molecule has 0 aromatic carbocycles. The Balaban J connectivity index is 2.60. The first-order valence-corrected chi connectivity index (χ1v) is 6.56. The monoisotopic (exact) mass is 306 g/mol. The fraction of sp³-hybridized carbons (Fsp3) is 0.643. The first-order valence-electron chi connectivity index (χ1n) is 6.56. The third kappa shape index (κ3) is 7.87. The highest BCUT2D eigenvalue weighted by molar-refractivity contribution is 5.29. The molecule has 120 valence electrons. The number of nitrogens with one attached hydrogen (secondary N) is 1. The molecular formula is C14H21F3N2O2. The van der Waals surface area contributed by atoms with Gasteiger partial charge in [-0.25, -0.2) is 0 Å². The molecule has 0 radical (unpaired) electrons. The molecule has 0 aliphatic heterocycles. The van der Waals surface area contributed by atoms with E-state index in [0.717, 1.165) is 5.69 Å². The summed E-state index contributed by atoms with van der Waals surface area (Å²) < 4.78 is 45.6. The van der Waals surface area contributed by atoms with Gasteiger partial charge >= 0.3 is 6.18 Å². The lowest BCUT2D eigenvalue weighted by Crippen LogP contribution is -2.35. The van der Waals surface area contributed by atoms with Crippen LogP contribution in [-0.4, -0.2) is 30.1 Å². The smallest absolute Gasteiger partial charge is 0.411 e. The molecule has 1 rings (SSSR count). The van der Waals surface area contributed by atoms with Gasteiger partial charge in [0.2, 0.25) is 0 Å². The van der Waals surface area contributed by atoms with Gasteiger partial charge < -0.3 is 14.8 Å². The minimum absolute atomic E-state index is 0.102. The van der Waals surface area contributed by atoms with Gasteiger partial charge in [0.15, 0.2) is 6.79 Å². The average molecular weight is 306 g/mol. The van der Waals surface area contributed by atoms with Crippen molar-refractivity contribution in [3.05, 3.63) is 23.5 Å². The zero-order valence-electron chi connectivity index (χ0n) is 12.7. The van der Waals surface area contributed by atoms with Crippen molar-refractivity contribution in [2.45, 2.75) is 46.0 Å². The Hall–Kier alpha value is -1.34. The van der Waals surface area contributed by atoms with Crippen LogP contribution < -0.4 is 10.1 Å². The summed E-state index contributed by atoms with van der Waals surface area (Å²) in [5.41, 5.74) is 1.35. The molecule has 0 aliphatic carbocycles. The van der Waals surface area contributed by atoms with Crippen LogP contribution in [0.3, 0.4) is 0 Å². The van der Waals surface area contributed by atoms with E-state index >= 15 is 0 Å². The van der Waals surface area contributed by atoms with Crippen LogP contribution >= 0.6 is 0 Å². The molecule has 0 amide bonds. The van der Waals surface area contributed by atoms with Crippen molar-refractivity contribution >= 4 is 0 Å². The number of hydrogen-bond donors (Lipinski definition) is 1. The Bertz CT molecular complexity index is 457. The number of ether oxygens (including phenoxy) is 2. The number of aromatic nitrogens is 1.